The van der Waals surface area contributed by atoms with E-state index in [2.05, 4.69) is 40.7 Å². The molecule has 3 nitrogen and oxygen atoms in total. The Morgan fingerprint density at radius 3 is 1.98 bits per heavy atom. The van der Waals surface area contributed by atoms with Crippen LogP contribution in [0.5, 0.6) is 0 Å². The average molecular weight is 588 g/mol. The molecule has 0 aliphatic carbocycles. The van der Waals surface area contributed by atoms with E-state index in [-0.39, 0.29) is 11.6 Å². The summed E-state index contributed by atoms with van der Waals surface area (Å²) in [4.78, 5) is 7.35. The van der Waals surface area contributed by atoms with Crippen molar-refractivity contribution in [1.29, 1.82) is 0 Å². The molecular formula is C35H33ClF3N3. The van der Waals surface area contributed by atoms with E-state index in [1.54, 1.807) is 6.07 Å². The van der Waals surface area contributed by atoms with Gasteiger partial charge in [0.1, 0.15) is 5.82 Å². The molecule has 0 unspecified atom stereocenters. The SMILES string of the molecule is CCCCn1c(-c2ccccc2)nc(-c2ccccc2)c1CN(Cc1ccccc1)Cc1cccc(C(F)(F)F)c1Cl. The highest BCUT2D eigenvalue weighted by atomic mass is 35.5. The first-order valence-corrected chi connectivity index (χ1v) is 14.5. The quantitative estimate of drug-likeness (QED) is 0.153. The number of hydrogen-bond donors (Lipinski definition) is 0. The molecule has 0 bridgehead atoms. The summed E-state index contributed by atoms with van der Waals surface area (Å²) in [6, 6.07) is 34.3. The maximum atomic E-state index is 13.7. The summed E-state index contributed by atoms with van der Waals surface area (Å²) in [5.41, 5.74) is 4.59. The topological polar surface area (TPSA) is 21.1 Å². The van der Waals surface area contributed by atoms with Gasteiger partial charge in [-0.3, -0.25) is 4.90 Å². The molecule has 0 radical (unpaired) electrons. The predicted molar refractivity (Wildman–Crippen MR) is 164 cm³/mol. The lowest BCUT2D eigenvalue weighted by Gasteiger charge is -2.25. The standard InChI is InChI=1S/C35H33ClF3N3/c1-2-3-22-42-31(33(27-16-9-5-10-17-27)40-34(42)28-18-11-6-12-19-28)25-41(23-26-14-7-4-8-15-26)24-29-20-13-21-30(32(29)36)35(37,38)39/h4-21H,2-3,22-25H2,1H3. The maximum absolute atomic E-state index is 13.7. The van der Waals surface area contributed by atoms with Crippen molar-refractivity contribution in [3.8, 4) is 22.6 Å². The fourth-order valence-corrected chi connectivity index (χ4v) is 5.51. The number of benzene rings is 4. The molecule has 0 aliphatic rings. The van der Waals surface area contributed by atoms with Crippen LogP contribution in [-0.4, -0.2) is 14.5 Å². The Balaban J connectivity index is 1.63. The van der Waals surface area contributed by atoms with Gasteiger partial charge in [0.2, 0.25) is 0 Å². The van der Waals surface area contributed by atoms with Crippen LogP contribution < -0.4 is 0 Å². The van der Waals surface area contributed by atoms with E-state index >= 15 is 0 Å². The highest BCUT2D eigenvalue weighted by Crippen LogP contribution is 2.37. The summed E-state index contributed by atoms with van der Waals surface area (Å²) in [6.07, 6.45) is -2.54. The van der Waals surface area contributed by atoms with Gasteiger partial charge in [-0.15, -0.1) is 0 Å². The number of nitrogens with zero attached hydrogens (tertiary/aromatic N) is 3. The van der Waals surface area contributed by atoms with Crippen molar-refractivity contribution < 1.29 is 13.2 Å². The molecule has 0 amide bonds. The van der Waals surface area contributed by atoms with E-state index in [9.17, 15) is 13.2 Å². The van der Waals surface area contributed by atoms with Crippen LogP contribution in [0.1, 0.15) is 42.1 Å². The molecule has 5 aromatic rings. The molecule has 7 heteroatoms. The van der Waals surface area contributed by atoms with Crippen molar-refractivity contribution in [1.82, 2.24) is 14.5 Å². The lowest BCUT2D eigenvalue weighted by atomic mass is 10.1. The van der Waals surface area contributed by atoms with Gasteiger partial charge in [0.05, 0.1) is 22.0 Å². The zero-order chi connectivity index (χ0) is 29.5. The molecule has 0 saturated carbocycles. The van der Waals surface area contributed by atoms with Gasteiger partial charge in [0, 0.05) is 37.3 Å². The minimum absolute atomic E-state index is 0.242. The van der Waals surface area contributed by atoms with Crippen molar-refractivity contribution in [2.75, 3.05) is 0 Å². The van der Waals surface area contributed by atoms with E-state index in [1.165, 1.54) is 6.07 Å². The van der Waals surface area contributed by atoms with Gasteiger partial charge in [-0.1, -0.05) is 128 Å². The molecule has 0 aliphatic heterocycles. The normalized spacial score (nSPS) is 11.8. The highest BCUT2D eigenvalue weighted by molar-refractivity contribution is 6.32. The fourth-order valence-electron chi connectivity index (χ4n) is 5.22. The summed E-state index contributed by atoms with van der Waals surface area (Å²) in [6.45, 7) is 4.18. The maximum Gasteiger partial charge on any atom is 0.417 e. The van der Waals surface area contributed by atoms with Crippen molar-refractivity contribution in [2.45, 2.75) is 52.1 Å². The molecule has 0 N–H and O–H groups in total. The molecule has 1 heterocycles. The van der Waals surface area contributed by atoms with E-state index in [1.807, 2.05) is 66.7 Å². The van der Waals surface area contributed by atoms with Crippen LogP contribution in [0.15, 0.2) is 109 Å². The molecule has 5 rings (SSSR count). The Hall–Kier alpha value is -3.87. The van der Waals surface area contributed by atoms with Crippen LogP contribution in [0, 0.1) is 0 Å². The first-order valence-electron chi connectivity index (χ1n) is 14.2. The van der Waals surface area contributed by atoms with Gasteiger partial charge < -0.3 is 4.57 Å². The Labute approximate surface area is 250 Å². The van der Waals surface area contributed by atoms with Gasteiger partial charge in [-0.25, -0.2) is 4.98 Å². The Morgan fingerprint density at radius 2 is 1.36 bits per heavy atom. The average Bonchev–Trinajstić information content (AvgIpc) is 3.35. The molecular weight excluding hydrogens is 555 g/mol. The molecule has 0 atom stereocenters. The second-order valence-corrected chi connectivity index (χ2v) is 10.8. The van der Waals surface area contributed by atoms with Crippen LogP contribution in [-0.2, 0) is 32.4 Å². The summed E-state index contributed by atoms with van der Waals surface area (Å²) in [7, 11) is 0. The Morgan fingerprint density at radius 1 is 0.738 bits per heavy atom. The highest BCUT2D eigenvalue weighted by Gasteiger charge is 2.34. The largest absolute Gasteiger partial charge is 0.417 e. The first kappa shape index (κ1) is 29.6. The molecule has 42 heavy (non-hydrogen) atoms. The van der Waals surface area contributed by atoms with Crippen molar-refractivity contribution in [3.05, 3.63) is 137 Å². The summed E-state index contributed by atoms with van der Waals surface area (Å²) >= 11 is 6.39. The molecule has 216 valence electrons. The van der Waals surface area contributed by atoms with Gasteiger partial charge in [-0.05, 0) is 23.6 Å². The third kappa shape index (κ3) is 6.94. The molecule has 4 aromatic carbocycles. The number of imidazole rings is 1. The molecule has 0 saturated heterocycles. The van der Waals surface area contributed by atoms with Crippen LogP contribution in [0.25, 0.3) is 22.6 Å². The number of alkyl halides is 3. The zero-order valence-electron chi connectivity index (χ0n) is 23.5. The minimum atomic E-state index is -4.53. The lowest BCUT2D eigenvalue weighted by molar-refractivity contribution is -0.137. The van der Waals surface area contributed by atoms with Gasteiger partial charge in [0.25, 0.3) is 0 Å². The lowest BCUT2D eigenvalue weighted by Crippen LogP contribution is -2.25. The van der Waals surface area contributed by atoms with Crippen LogP contribution in [0.4, 0.5) is 13.2 Å². The zero-order valence-corrected chi connectivity index (χ0v) is 24.2. The van der Waals surface area contributed by atoms with E-state index < -0.39 is 11.7 Å². The predicted octanol–water partition coefficient (Wildman–Crippen LogP) is 9.89. The van der Waals surface area contributed by atoms with E-state index in [0.717, 1.165) is 59.4 Å². The Kier molecular flexibility index (Phi) is 9.45. The van der Waals surface area contributed by atoms with Crippen molar-refractivity contribution in [3.63, 3.8) is 0 Å². The van der Waals surface area contributed by atoms with Gasteiger partial charge >= 0.3 is 6.18 Å². The first-order chi connectivity index (χ1) is 20.3. The van der Waals surface area contributed by atoms with Crippen LogP contribution in [0.2, 0.25) is 5.02 Å². The second-order valence-electron chi connectivity index (χ2n) is 10.4. The Bertz CT molecular complexity index is 1580. The number of unbranched alkanes of at least 4 members (excludes halogenated alkanes) is 1. The van der Waals surface area contributed by atoms with E-state index in [4.69, 9.17) is 16.6 Å². The summed E-state index contributed by atoms with van der Waals surface area (Å²) < 4.78 is 43.5. The summed E-state index contributed by atoms with van der Waals surface area (Å²) in [5.74, 6) is 0.884. The van der Waals surface area contributed by atoms with Crippen LogP contribution in [0.3, 0.4) is 0 Å². The van der Waals surface area contributed by atoms with Gasteiger partial charge in [0.15, 0.2) is 0 Å². The smallest absolute Gasteiger partial charge is 0.326 e. The third-order valence-electron chi connectivity index (χ3n) is 7.29. The fraction of sp³-hybridized carbons (Fsp3) is 0.229. The third-order valence-corrected chi connectivity index (χ3v) is 7.73. The number of rotatable bonds is 11. The molecule has 1 aromatic heterocycles. The number of hydrogen-bond acceptors (Lipinski definition) is 2. The second kappa shape index (κ2) is 13.4. The molecule has 0 fully saturated rings. The number of aromatic nitrogens is 2. The monoisotopic (exact) mass is 587 g/mol. The van der Waals surface area contributed by atoms with E-state index in [0.29, 0.717) is 18.7 Å². The minimum Gasteiger partial charge on any atom is -0.326 e. The summed E-state index contributed by atoms with van der Waals surface area (Å²) in [5, 5.41) is -0.254. The van der Waals surface area contributed by atoms with Gasteiger partial charge in [-0.2, -0.15) is 13.2 Å². The molecule has 0 spiro atoms. The number of halogens is 4. The van der Waals surface area contributed by atoms with Crippen molar-refractivity contribution in [2.24, 2.45) is 0 Å². The van der Waals surface area contributed by atoms with Crippen LogP contribution >= 0.6 is 11.6 Å². The van der Waals surface area contributed by atoms with Crippen molar-refractivity contribution >= 4 is 11.6 Å².